The molecule has 3 rings (SSSR count). The number of unbranched alkanes of at least 4 members (excludes halogenated alkanes) is 3. The molecular formula is C24H34N2O4S. The maximum absolute atomic E-state index is 12.4. The average Bonchev–Trinajstić information content (AvgIpc) is 2.81. The average molecular weight is 447 g/mol. The van der Waals surface area contributed by atoms with Crippen molar-refractivity contribution in [1.29, 1.82) is 0 Å². The molecule has 1 amide bonds. The van der Waals surface area contributed by atoms with E-state index in [-0.39, 0.29) is 17.0 Å². The maximum Gasteiger partial charge on any atom is 0.270 e. The molecule has 1 unspecified atom stereocenters. The molecule has 1 atom stereocenters. The first-order valence-electron chi connectivity index (χ1n) is 11.1. The molecule has 0 aromatic heterocycles. The topological polar surface area (TPSA) is 81.5 Å². The number of nitrogens with one attached hydrogen (secondary N) is 1. The number of carbonyl (C=O) groups excluding carboxylic acids is 1. The van der Waals surface area contributed by atoms with Gasteiger partial charge in [-0.2, -0.15) is 0 Å². The molecule has 1 aliphatic rings. The summed E-state index contributed by atoms with van der Waals surface area (Å²) >= 11 is 1.47. The number of fused-ring (bicyclic) bond motifs is 1. The lowest BCUT2D eigenvalue weighted by molar-refractivity contribution is -0.384. The minimum Gasteiger partial charge on any atom is -0.494 e. The van der Waals surface area contributed by atoms with E-state index in [0.717, 1.165) is 22.6 Å². The highest BCUT2D eigenvalue weighted by atomic mass is 32.2. The third kappa shape index (κ3) is 7.90. The van der Waals surface area contributed by atoms with Crippen molar-refractivity contribution < 1.29 is 14.5 Å². The van der Waals surface area contributed by atoms with Crippen LogP contribution in [0.1, 0.15) is 81.6 Å². The monoisotopic (exact) mass is 446 g/mol. The second-order valence-electron chi connectivity index (χ2n) is 6.39. The van der Waals surface area contributed by atoms with E-state index in [1.165, 1.54) is 43.2 Å². The van der Waals surface area contributed by atoms with Crippen molar-refractivity contribution in [3.05, 3.63) is 63.7 Å². The van der Waals surface area contributed by atoms with Crippen LogP contribution in [-0.2, 0) is 0 Å². The Balaban J connectivity index is 0.00000113. The van der Waals surface area contributed by atoms with E-state index in [2.05, 4.69) is 12.2 Å². The molecule has 1 N–H and O–H groups in total. The quantitative estimate of drug-likeness (QED) is 0.265. The minimum atomic E-state index is -0.495. The van der Waals surface area contributed by atoms with E-state index in [1.54, 1.807) is 6.07 Å². The third-order valence-electron chi connectivity index (χ3n) is 4.38. The number of hydrogen-bond acceptors (Lipinski definition) is 5. The van der Waals surface area contributed by atoms with Crippen LogP contribution in [0.5, 0.6) is 5.75 Å². The van der Waals surface area contributed by atoms with Gasteiger partial charge in [-0.25, -0.2) is 0 Å². The van der Waals surface area contributed by atoms with Crippen molar-refractivity contribution in [1.82, 2.24) is 5.32 Å². The number of nitro groups is 1. The van der Waals surface area contributed by atoms with E-state index in [1.807, 2.05) is 52.0 Å². The fraction of sp³-hybridized carbons (Fsp3) is 0.458. The van der Waals surface area contributed by atoms with Gasteiger partial charge in [-0.1, -0.05) is 77.8 Å². The van der Waals surface area contributed by atoms with Gasteiger partial charge in [-0.3, -0.25) is 14.9 Å². The highest BCUT2D eigenvalue weighted by Gasteiger charge is 2.27. The van der Waals surface area contributed by atoms with Crippen LogP contribution < -0.4 is 10.1 Å². The van der Waals surface area contributed by atoms with Crippen LogP contribution in [0.25, 0.3) is 0 Å². The second kappa shape index (κ2) is 14.5. The van der Waals surface area contributed by atoms with Crippen LogP contribution in [0.4, 0.5) is 5.69 Å². The Morgan fingerprint density at radius 1 is 1.03 bits per heavy atom. The van der Waals surface area contributed by atoms with Crippen LogP contribution in [-0.4, -0.2) is 17.4 Å². The molecule has 2 aromatic carbocycles. The van der Waals surface area contributed by atoms with E-state index >= 15 is 0 Å². The van der Waals surface area contributed by atoms with Gasteiger partial charge in [-0.05, 0) is 30.2 Å². The van der Waals surface area contributed by atoms with E-state index in [9.17, 15) is 14.9 Å². The molecular weight excluding hydrogens is 412 g/mol. The Hall–Kier alpha value is -2.54. The van der Waals surface area contributed by atoms with E-state index in [0.29, 0.717) is 12.2 Å². The number of non-ortho nitro benzene ring substituents is 1. The first-order valence-corrected chi connectivity index (χ1v) is 11.9. The summed E-state index contributed by atoms with van der Waals surface area (Å²) in [5.41, 5.74) is 1.22. The minimum absolute atomic E-state index is 0.0802. The molecule has 0 fully saturated rings. The Bertz CT molecular complexity index is 825. The lowest BCUT2D eigenvalue weighted by Gasteiger charge is -2.25. The summed E-state index contributed by atoms with van der Waals surface area (Å²) in [5.74, 6) is 0.520. The zero-order valence-electron chi connectivity index (χ0n) is 19.1. The number of thioether (sulfide) groups is 1. The number of hydrogen-bond donors (Lipinski definition) is 1. The summed E-state index contributed by atoms with van der Waals surface area (Å²) in [7, 11) is 0. The molecule has 0 spiro atoms. The summed E-state index contributed by atoms with van der Waals surface area (Å²) < 4.78 is 5.75. The van der Waals surface area contributed by atoms with E-state index in [4.69, 9.17) is 4.74 Å². The van der Waals surface area contributed by atoms with Crippen LogP contribution >= 0.6 is 11.8 Å². The largest absolute Gasteiger partial charge is 0.494 e. The SMILES string of the molecule is CC.CC.CCCCCCOc1ccc(C2NC(=O)c3cc([N+](=O)[O-])ccc3S2)cc1. The first kappa shape index (κ1) is 26.5. The summed E-state index contributed by atoms with van der Waals surface area (Å²) in [5, 5.41) is 13.6. The van der Waals surface area contributed by atoms with Crippen LogP contribution in [0, 0.1) is 10.1 Å². The van der Waals surface area contributed by atoms with Crippen molar-refractivity contribution in [2.24, 2.45) is 0 Å². The second-order valence-corrected chi connectivity index (χ2v) is 7.53. The van der Waals surface area contributed by atoms with Gasteiger partial charge in [-0.15, -0.1) is 0 Å². The fourth-order valence-corrected chi connectivity index (χ4v) is 4.01. The Morgan fingerprint density at radius 3 is 2.32 bits per heavy atom. The lowest BCUT2D eigenvalue weighted by atomic mass is 10.1. The molecule has 1 aliphatic heterocycles. The number of amides is 1. The number of benzene rings is 2. The summed E-state index contributed by atoms with van der Waals surface area (Å²) in [6.07, 6.45) is 4.66. The van der Waals surface area contributed by atoms with Crippen LogP contribution in [0.15, 0.2) is 47.4 Å². The number of ether oxygens (including phenoxy) is 1. The molecule has 0 saturated carbocycles. The first-order chi connectivity index (χ1) is 15.1. The van der Waals surface area contributed by atoms with Gasteiger partial charge in [0.15, 0.2) is 0 Å². The fourth-order valence-electron chi connectivity index (χ4n) is 2.87. The number of carbonyl (C=O) groups is 1. The van der Waals surface area contributed by atoms with Gasteiger partial charge >= 0.3 is 0 Å². The standard InChI is InChI=1S/C20H22N2O4S.2C2H6/c1-2-3-4-5-12-26-16-9-6-14(7-10-16)20-21-19(23)17-13-15(22(24)25)8-11-18(17)27-20;2*1-2/h6-11,13,20H,2-5,12H2,1H3,(H,21,23);2*1-2H3. The van der Waals surface area contributed by atoms with Crippen molar-refractivity contribution in [2.75, 3.05) is 6.61 Å². The normalized spacial score (nSPS) is 14.1. The molecule has 170 valence electrons. The highest BCUT2D eigenvalue weighted by molar-refractivity contribution is 7.99. The van der Waals surface area contributed by atoms with Crippen molar-refractivity contribution in [3.63, 3.8) is 0 Å². The summed E-state index contributed by atoms with van der Waals surface area (Å²) in [6.45, 7) is 10.9. The molecule has 31 heavy (non-hydrogen) atoms. The Morgan fingerprint density at radius 2 is 1.71 bits per heavy atom. The number of nitrogens with zero attached hydrogens (tertiary/aromatic N) is 1. The third-order valence-corrected chi connectivity index (χ3v) is 5.61. The van der Waals surface area contributed by atoms with Crippen molar-refractivity contribution in [2.45, 2.75) is 70.6 Å². The zero-order chi connectivity index (χ0) is 23.2. The molecule has 0 radical (unpaired) electrons. The summed E-state index contributed by atoms with van der Waals surface area (Å²) in [4.78, 5) is 23.5. The van der Waals surface area contributed by atoms with Gasteiger partial charge in [0.05, 0.1) is 17.1 Å². The van der Waals surface area contributed by atoms with Crippen LogP contribution in [0.3, 0.4) is 0 Å². The van der Waals surface area contributed by atoms with Gasteiger partial charge in [0.25, 0.3) is 11.6 Å². The molecule has 0 saturated heterocycles. The smallest absolute Gasteiger partial charge is 0.270 e. The molecule has 7 heteroatoms. The Kier molecular flexibility index (Phi) is 12.4. The molecule has 1 heterocycles. The van der Waals surface area contributed by atoms with Gasteiger partial charge in [0.1, 0.15) is 11.1 Å². The lowest BCUT2D eigenvalue weighted by Crippen LogP contribution is -2.30. The number of nitro benzene ring substituents is 1. The Labute approximate surface area is 189 Å². The predicted molar refractivity (Wildman–Crippen MR) is 128 cm³/mol. The van der Waals surface area contributed by atoms with E-state index < -0.39 is 4.92 Å². The zero-order valence-corrected chi connectivity index (χ0v) is 20.0. The van der Waals surface area contributed by atoms with Gasteiger partial charge < -0.3 is 10.1 Å². The highest BCUT2D eigenvalue weighted by Crippen LogP contribution is 2.40. The molecule has 6 nitrogen and oxygen atoms in total. The molecule has 2 aromatic rings. The molecule has 0 bridgehead atoms. The predicted octanol–water partition coefficient (Wildman–Crippen LogP) is 7.14. The summed E-state index contributed by atoms with van der Waals surface area (Å²) in [6, 6.07) is 12.1. The maximum atomic E-state index is 12.4. The van der Waals surface area contributed by atoms with Crippen LogP contribution in [0.2, 0.25) is 0 Å². The molecule has 0 aliphatic carbocycles. The van der Waals surface area contributed by atoms with Gasteiger partial charge in [0.2, 0.25) is 0 Å². The van der Waals surface area contributed by atoms with Crippen molar-refractivity contribution >= 4 is 23.4 Å². The van der Waals surface area contributed by atoms with Gasteiger partial charge in [0, 0.05) is 17.0 Å². The number of rotatable bonds is 8. The van der Waals surface area contributed by atoms with Crippen molar-refractivity contribution in [3.8, 4) is 5.75 Å².